The third-order valence-electron chi connectivity index (χ3n) is 4.04. The summed E-state index contributed by atoms with van der Waals surface area (Å²) >= 11 is 0. The summed E-state index contributed by atoms with van der Waals surface area (Å²) in [5.41, 5.74) is 0.800. The van der Waals surface area contributed by atoms with Crippen LogP contribution in [0, 0.1) is 17.5 Å². The number of halogens is 3. The quantitative estimate of drug-likeness (QED) is 0.802. The average molecular weight is 350 g/mol. The van der Waals surface area contributed by atoms with Gasteiger partial charge in [-0.05, 0) is 18.4 Å². The maximum atomic E-state index is 13.6. The first kappa shape index (κ1) is 17.1. The minimum absolute atomic E-state index is 0.0889. The van der Waals surface area contributed by atoms with E-state index >= 15 is 0 Å². The van der Waals surface area contributed by atoms with Crippen molar-refractivity contribution in [3.05, 3.63) is 65.5 Å². The standard InChI is InChI=1S/C18H17F3N2O2/c19-14-8-16(21)17(9-15(14)20)22-12-6-13(7-12)23-18(24)25-10-11-4-2-1-3-5-11/h1-5,8-9,12-13,22H,6-7,10H2,(H,23,24). The fourth-order valence-electron chi connectivity index (χ4n) is 2.64. The van der Waals surface area contributed by atoms with E-state index in [1.807, 2.05) is 30.3 Å². The summed E-state index contributed by atoms with van der Waals surface area (Å²) in [6, 6.07) is 10.4. The third-order valence-corrected chi connectivity index (χ3v) is 4.04. The smallest absolute Gasteiger partial charge is 0.407 e. The van der Waals surface area contributed by atoms with Gasteiger partial charge < -0.3 is 15.4 Å². The van der Waals surface area contributed by atoms with Crippen molar-refractivity contribution in [2.45, 2.75) is 31.5 Å². The number of ether oxygens (including phenoxy) is 1. The second-order valence-corrected chi connectivity index (χ2v) is 5.96. The predicted molar refractivity (Wildman–Crippen MR) is 86.5 cm³/mol. The molecule has 1 aliphatic carbocycles. The third kappa shape index (κ3) is 4.43. The van der Waals surface area contributed by atoms with Crippen LogP contribution in [0.3, 0.4) is 0 Å². The van der Waals surface area contributed by atoms with Crippen LogP contribution in [-0.4, -0.2) is 18.2 Å². The normalized spacial score (nSPS) is 19.0. The van der Waals surface area contributed by atoms with Crippen LogP contribution in [0.4, 0.5) is 23.7 Å². The number of alkyl carbamates (subject to hydrolysis) is 1. The van der Waals surface area contributed by atoms with Gasteiger partial charge in [0.15, 0.2) is 11.6 Å². The minimum Gasteiger partial charge on any atom is -0.445 e. The molecule has 0 spiro atoms. The molecule has 7 heteroatoms. The molecule has 0 bridgehead atoms. The number of carbonyl (C=O) groups is 1. The Balaban J connectivity index is 1.41. The highest BCUT2D eigenvalue weighted by Gasteiger charge is 2.31. The number of rotatable bonds is 5. The van der Waals surface area contributed by atoms with Crippen LogP contribution in [0.25, 0.3) is 0 Å². The molecule has 2 aromatic rings. The molecule has 3 rings (SSSR count). The molecule has 0 aliphatic heterocycles. The Morgan fingerprint density at radius 3 is 2.40 bits per heavy atom. The molecule has 1 amide bonds. The number of benzene rings is 2. The lowest BCUT2D eigenvalue weighted by Crippen LogP contribution is -2.49. The highest BCUT2D eigenvalue weighted by atomic mass is 19.2. The van der Waals surface area contributed by atoms with Gasteiger partial charge in [-0.2, -0.15) is 0 Å². The minimum atomic E-state index is -1.22. The van der Waals surface area contributed by atoms with Crippen LogP contribution in [-0.2, 0) is 11.3 Å². The molecule has 0 aromatic heterocycles. The van der Waals surface area contributed by atoms with E-state index < -0.39 is 23.5 Å². The van der Waals surface area contributed by atoms with Crippen molar-refractivity contribution in [2.24, 2.45) is 0 Å². The Bertz CT molecular complexity index is 749. The summed E-state index contributed by atoms with van der Waals surface area (Å²) in [4.78, 5) is 11.7. The van der Waals surface area contributed by atoms with Crippen LogP contribution in [0.2, 0.25) is 0 Å². The summed E-state index contributed by atoms with van der Waals surface area (Å²) in [5, 5.41) is 5.51. The van der Waals surface area contributed by atoms with Crippen LogP contribution in [0.5, 0.6) is 0 Å². The van der Waals surface area contributed by atoms with E-state index in [4.69, 9.17) is 4.74 Å². The van der Waals surface area contributed by atoms with E-state index in [1.165, 1.54) is 0 Å². The molecule has 1 fully saturated rings. The fraction of sp³-hybridized carbons (Fsp3) is 0.278. The molecule has 1 aliphatic rings. The van der Waals surface area contributed by atoms with Crippen molar-refractivity contribution in [2.75, 3.05) is 5.32 Å². The molecule has 2 aromatic carbocycles. The van der Waals surface area contributed by atoms with Crippen LogP contribution < -0.4 is 10.6 Å². The molecule has 0 radical (unpaired) electrons. The molecular formula is C18H17F3N2O2. The lowest BCUT2D eigenvalue weighted by molar-refractivity contribution is 0.129. The summed E-state index contributed by atoms with van der Waals surface area (Å²) in [6.45, 7) is 0.182. The first-order valence-corrected chi connectivity index (χ1v) is 7.89. The number of anilines is 1. The summed E-state index contributed by atoms with van der Waals surface area (Å²) < 4.78 is 44.7. The lowest BCUT2D eigenvalue weighted by atomic mass is 9.86. The van der Waals surface area contributed by atoms with E-state index in [1.54, 1.807) is 0 Å². The highest BCUT2D eigenvalue weighted by Crippen LogP contribution is 2.27. The van der Waals surface area contributed by atoms with Gasteiger partial charge in [0, 0.05) is 24.2 Å². The maximum absolute atomic E-state index is 13.6. The van der Waals surface area contributed by atoms with Crippen molar-refractivity contribution in [3.8, 4) is 0 Å². The molecule has 132 valence electrons. The molecule has 2 N–H and O–H groups in total. The zero-order valence-corrected chi connectivity index (χ0v) is 13.3. The van der Waals surface area contributed by atoms with Gasteiger partial charge in [0.25, 0.3) is 0 Å². The van der Waals surface area contributed by atoms with Crippen molar-refractivity contribution in [1.29, 1.82) is 0 Å². The Labute approximate surface area is 143 Å². The first-order chi connectivity index (χ1) is 12.0. The van der Waals surface area contributed by atoms with Crippen LogP contribution in [0.15, 0.2) is 42.5 Å². The zero-order chi connectivity index (χ0) is 17.8. The number of amides is 1. The van der Waals surface area contributed by atoms with E-state index in [0.717, 1.165) is 11.6 Å². The summed E-state index contributed by atoms with van der Waals surface area (Å²) in [6.07, 6.45) is 0.559. The topological polar surface area (TPSA) is 50.4 Å². The van der Waals surface area contributed by atoms with Crippen molar-refractivity contribution in [1.82, 2.24) is 5.32 Å². The van der Waals surface area contributed by atoms with Gasteiger partial charge in [-0.1, -0.05) is 30.3 Å². The molecule has 25 heavy (non-hydrogen) atoms. The second kappa shape index (κ2) is 7.46. The van der Waals surface area contributed by atoms with E-state index in [9.17, 15) is 18.0 Å². The Morgan fingerprint density at radius 1 is 1.00 bits per heavy atom. The Morgan fingerprint density at radius 2 is 1.68 bits per heavy atom. The van der Waals surface area contributed by atoms with Crippen molar-refractivity contribution < 1.29 is 22.7 Å². The largest absolute Gasteiger partial charge is 0.445 e. The number of hydrogen-bond donors (Lipinski definition) is 2. The van der Waals surface area contributed by atoms with Gasteiger partial charge in [0.05, 0.1) is 5.69 Å². The van der Waals surface area contributed by atoms with Crippen LogP contribution >= 0.6 is 0 Å². The molecule has 0 saturated heterocycles. The van der Waals surface area contributed by atoms with Gasteiger partial charge in [-0.15, -0.1) is 0 Å². The molecule has 0 unspecified atom stereocenters. The van der Waals surface area contributed by atoms with Gasteiger partial charge >= 0.3 is 6.09 Å². The number of carbonyl (C=O) groups excluding carboxylic acids is 1. The van der Waals surface area contributed by atoms with E-state index in [-0.39, 0.29) is 24.4 Å². The first-order valence-electron chi connectivity index (χ1n) is 7.89. The number of hydrogen-bond acceptors (Lipinski definition) is 3. The molecular weight excluding hydrogens is 333 g/mol. The van der Waals surface area contributed by atoms with E-state index in [0.29, 0.717) is 18.9 Å². The monoisotopic (exact) mass is 350 g/mol. The summed E-state index contributed by atoms with van der Waals surface area (Å²) in [5.74, 6) is -3.18. The maximum Gasteiger partial charge on any atom is 0.407 e. The Hall–Kier alpha value is -2.70. The Kier molecular flexibility index (Phi) is 5.11. The summed E-state index contributed by atoms with van der Waals surface area (Å²) in [7, 11) is 0. The average Bonchev–Trinajstić information content (AvgIpc) is 2.56. The molecule has 0 atom stereocenters. The second-order valence-electron chi connectivity index (χ2n) is 5.96. The highest BCUT2D eigenvalue weighted by molar-refractivity contribution is 5.67. The molecule has 0 heterocycles. The van der Waals surface area contributed by atoms with Gasteiger partial charge in [0.2, 0.25) is 0 Å². The SMILES string of the molecule is O=C(NC1CC(Nc2cc(F)c(F)cc2F)C1)OCc1ccccc1. The van der Waals surface area contributed by atoms with Crippen LogP contribution in [0.1, 0.15) is 18.4 Å². The van der Waals surface area contributed by atoms with Gasteiger partial charge in [-0.25, -0.2) is 18.0 Å². The lowest BCUT2D eigenvalue weighted by Gasteiger charge is -2.36. The van der Waals surface area contributed by atoms with Crippen molar-refractivity contribution >= 4 is 11.8 Å². The zero-order valence-electron chi connectivity index (χ0n) is 13.3. The van der Waals surface area contributed by atoms with Gasteiger partial charge in [-0.3, -0.25) is 0 Å². The molecule has 4 nitrogen and oxygen atoms in total. The predicted octanol–water partition coefficient (Wildman–Crippen LogP) is 3.97. The fourth-order valence-corrected chi connectivity index (χ4v) is 2.64. The molecule has 1 saturated carbocycles. The van der Waals surface area contributed by atoms with Gasteiger partial charge in [0.1, 0.15) is 12.4 Å². The number of nitrogens with one attached hydrogen (secondary N) is 2. The van der Waals surface area contributed by atoms with Crippen molar-refractivity contribution in [3.63, 3.8) is 0 Å². The van der Waals surface area contributed by atoms with E-state index in [2.05, 4.69) is 10.6 Å².